The summed E-state index contributed by atoms with van der Waals surface area (Å²) in [6.45, 7) is 4.55. The smallest absolute Gasteiger partial charge is 0.170 e. The van der Waals surface area contributed by atoms with Crippen LogP contribution in [0, 0.1) is 19.3 Å². The van der Waals surface area contributed by atoms with Gasteiger partial charge >= 0.3 is 0 Å². The molecule has 0 aromatic heterocycles. The standard InChI is InChI=1S/C17H25NO/c1-13-7-8-14(2)15(11-13)16(19)17(12-18)9-5-3-4-6-10-17/h7-8,11H,3-6,9-10,12,18H2,1-2H3. The lowest BCUT2D eigenvalue weighted by Crippen LogP contribution is -2.38. The molecular formula is C17H25NO. The third kappa shape index (κ3) is 2.89. The van der Waals surface area contributed by atoms with E-state index in [4.69, 9.17) is 5.73 Å². The summed E-state index contributed by atoms with van der Waals surface area (Å²) in [6, 6.07) is 6.14. The van der Waals surface area contributed by atoms with Gasteiger partial charge in [0, 0.05) is 17.5 Å². The molecule has 1 aliphatic rings. The quantitative estimate of drug-likeness (QED) is 0.663. The third-order valence-corrected chi connectivity index (χ3v) is 4.57. The molecule has 1 fully saturated rings. The first-order valence-electron chi connectivity index (χ1n) is 7.41. The van der Waals surface area contributed by atoms with Gasteiger partial charge in [0.05, 0.1) is 0 Å². The van der Waals surface area contributed by atoms with Crippen LogP contribution >= 0.6 is 0 Å². The Morgan fingerprint density at radius 2 is 1.79 bits per heavy atom. The van der Waals surface area contributed by atoms with Crippen molar-refractivity contribution in [2.45, 2.75) is 52.4 Å². The lowest BCUT2D eigenvalue weighted by Gasteiger charge is -2.30. The van der Waals surface area contributed by atoms with Crippen molar-refractivity contribution in [3.05, 3.63) is 34.9 Å². The van der Waals surface area contributed by atoms with E-state index < -0.39 is 0 Å². The molecular weight excluding hydrogens is 234 g/mol. The Labute approximate surface area is 116 Å². The molecule has 0 unspecified atom stereocenters. The lowest BCUT2D eigenvalue weighted by molar-refractivity contribution is 0.0773. The summed E-state index contributed by atoms with van der Waals surface area (Å²) in [5.74, 6) is 0.276. The van der Waals surface area contributed by atoms with Crippen molar-refractivity contribution in [3.8, 4) is 0 Å². The number of hydrogen-bond acceptors (Lipinski definition) is 2. The van der Waals surface area contributed by atoms with Crippen molar-refractivity contribution in [1.29, 1.82) is 0 Å². The molecule has 104 valence electrons. The molecule has 1 aromatic carbocycles. The van der Waals surface area contributed by atoms with Crippen molar-refractivity contribution in [3.63, 3.8) is 0 Å². The maximum absolute atomic E-state index is 13.0. The van der Waals surface area contributed by atoms with Crippen LogP contribution < -0.4 is 5.73 Å². The van der Waals surface area contributed by atoms with Gasteiger partial charge in [0.25, 0.3) is 0 Å². The number of nitrogens with two attached hydrogens (primary N) is 1. The SMILES string of the molecule is Cc1ccc(C)c(C(=O)C2(CN)CCCCCC2)c1. The summed E-state index contributed by atoms with van der Waals surface area (Å²) in [5, 5.41) is 0. The summed E-state index contributed by atoms with van der Waals surface area (Å²) in [5.41, 5.74) is 8.81. The summed E-state index contributed by atoms with van der Waals surface area (Å²) in [7, 11) is 0. The Hall–Kier alpha value is -1.15. The van der Waals surface area contributed by atoms with Crippen molar-refractivity contribution in [2.75, 3.05) is 6.54 Å². The Bertz CT molecular complexity index is 456. The number of carbonyl (C=O) groups is 1. The van der Waals surface area contributed by atoms with Gasteiger partial charge in [-0.15, -0.1) is 0 Å². The number of carbonyl (C=O) groups excluding carboxylic acids is 1. The maximum atomic E-state index is 13.0. The molecule has 0 amide bonds. The fraction of sp³-hybridized carbons (Fsp3) is 0.588. The van der Waals surface area contributed by atoms with E-state index in [9.17, 15) is 4.79 Å². The Morgan fingerprint density at radius 3 is 2.37 bits per heavy atom. The highest BCUT2D eigenvalue weighted by atomic mass is 16.1. The van der Waals surface area contributed by atoms with Gasteiger partial charge in [0.1, 0.15) is 0 Å². The van der Waals surface area contributed by atoms with Crippen molar-refractivity contribution in [1.82, 2.24) is 0 Å². The monoisotopic (exact) mass is 259 g/mol. The second-order valence-electron chi connectivity index (χ2n) is 6.05. The number of rotatable bonds is 3. The molecule has 1 saturated carbocycles. The molecule has 1 aliphatic carbocycles. The molecule has 2 heteroatoms. The Kier molecular flexibility index (Phi) is 4.41. The highest BCUT2D eigenvalue weighted by molar-refractivity contribution is 6.02. The van der Waals surface area contributed by atoms with Gasteiger partial charge < -0.3 is 5.73 Å². The topological polar surface area (TPSA) is 43.1 Å². The zero-order valence-electron chi connectivity index (χ0n) is 12.2. The highest BCUT2D eigenvalue weighted by Crippen LogP contribution is 2.37. The van der Waals surface area contributed by atoms with Crippen LogP contribution in [0.15, 0.2) is 18.2 Å². The molecule has 0 bridgehead atoms. The number of ketones is 1. The Balaban J connectivity index is 2.36. The van der Waals surface area contributed by atoms with Gasteiger partial charge in [-0.25, -0.2) is 0 Å². The molecule has 0 atom stereocenters. The predicted octanol–water partition coefficient (Wildman–Crippen LogP) is 3.79. The normalized spacial score (nSPS) is 18.9. The van der Waals surface area contributed by atoms with E-state index in [1.54, 1.807) is 0 Å². The molecule has 2 N–H and O–H groups in total. The molecule has 0 aliphatic heterocycles. The van der Waals surface area contributed by atoms with Crippen LogP contribution in [0.25, 0.3) is 0 Å². The van der Waals surface area contributed by atoms with Gasteiger partial charge in [-0.2, -0.15) is 0 Å². The van der Waals surface area contributed by atoms with Crippen LogP contribution in [0.2, 0.25) is 0 Å². The van der Waals surface area contributed by atoms with E-state index in [0.717, 1.165) is 42.4 Å². The van der Waals surface area contributed by atoms with E-state index in [2.05, 4.69) is 6.07 Å². The second kappa shape index (κ2) is 5.87. The largest absolute Gasteiger partial charge is 0.329 e. The summed E-state index contributed by atoms with van der Waals surface area (Å²) < 4.78 is 0. The fourth-order valence-electron chi connectivity index (χ4n) is 3.20. The second-order valence-corrected chi connectivity index (χ2v) is 6.05. The molecule has 2 rings (SSSR count). The average molecular weight is 259 g/mol. The van der Waals surface area contributed by atoms with E-state index in [-0.39, 0.29) is 11.2 Å². The summed E-state index contributed by atoms with van der Waals surface area (Å²) >= 11 is 0. The van der Waals surface area contributed by atoms with E-state index >= 15 is 0 Å². The fourth-order valence-corrected chi connectivity index (χ4v) is 3.20. The first kappa shape index (κ1) is 14.3. The molecule has 1 aromatic rings. The molecule has 0 spiro atoms. The minimum Gasteiger partial charge on any atom is -0.329 e. The lowest BCUT2D eigenvalue weighted by atomic mass is 9.73. The highest BCUT2D eigenvalue weighted by Gasteiger charge is 2.38. The van der Waals surface area contributed by atoms with Gasteiger partial charge in [-0.3, -0.25) is 4.79 Å². The van der Waals surface area contributed by atoms with Crippen LogP contribution in [0.5, 0.6) is 0 Å². The summed E-state index contributed by atoms with van der Waals surface area (Å²) in [6.07, 6.45) is 6.65. The predicted molar refractivity (Wildman–Crippen MR) is 79.4 cm³/mol. The van der Waals surface area contributed by atoms with Crippen molar-refractivity contribution < 1.29 is 4.79 Å². The summed E-state index contributed by atoms with van der Waals surface area (Å²) in [4.78, 5) is 13.0. The van der Waals surface area contributed by atoms with Crippen LogP contribution in [-0.4, -0.2) is 12.3 Å². The van der Waals surface area contributed by atoms with Crippen molar-refractivity contribution in [2.24, 2.45) is 11.1 Å². The van der Waals surface area contributed by atoms with Gasteiger partial charge in [0.2, 0.25) is 0 Å². The first-order valence-corrected chi connectivity index (χ1v) is 7.41. The first-order chi connectivity index (χ1) is 9.09. The van der Waals surface area contributed by atoms with E-state index in [1.807, 2.05) is 26.0 Å². The number of Topliss-reactive ketones (excluding diaryl/α,β-unsaturated/α-hetero) is 1. The number of aryl methyl sites for hydroxylation is 2. The molecule has 19 heavy (non-hydrogen) atoms. The Morgan fingerprint density at radius 1 is 1.16 bits per heavy atom. The third-order valence-electron chi connectivity index (χ3n) is 4.57. The molecule has 2 nitrogen and oxygen atoms in total. The maximum Gasteiger partial charge on any atom is 0.170 e. The van der Waals surface area contributed by atoms with Crippen LogP contribution in [-0.2, 0) is 0 Å². The van der Waals surface area contributed by atoms with Crippen molar-refractivity contribution >= 4 is 5.78 Å². The number of hydrogen-bond donors (Lipinski definition) is 1. The average Bonchev–Trinajstić information content (AvgIpc) is 2.67. The zero-order valence-corrected chi connectivity index (χ0v) is 12.2. The minimum atomic E-state index is -0.310. The van der Waals surface area contributed by atoms with Crippen LogP contribution in [0.3, 0.4) is 0 Å². The molecule has 0 radical (unpaired) electrons. The van der Waals surface area contributed by atoms with Gasteiger partial charge in [-0.1, -0.05) is 43.4 Å². The van der Waals surface area contributed by atoms with Gasteiger partial charge in [0.15, 0.2) is 5.78 Å². The van der Waals surface area contributed by atoms with E-state index in [1.165, 1.54) is 12.8 Å². The minimum absolute atomic E-state index is 0.276. The van der Waals surface area contributed by atoms with E-state index in [0.29, 0.717) is 6.54 Å². The molecule has 0 heterocycles. The van der Waals surface area contributed by atoms with Crippen LogP contribution in [0.4, 0.5) is 0 Å². The molecule has 0 saturated heterocycles. The van der Waals surface area contributed by atoms with Gasteiger partial charge in [-0.05, 0) is 38.3 Å². The zero-order chi connectivity index (χ0) is 13.9. The van der Waals surface area contributed by atoms with Crippen LogP contribution in [0.1, 0.15) is 60.0 Å². The number of benzene rings is 1.